The Morgan fingerprint density at radius 3 is 2.46 bits per heavy atom. The molecule has 0 aliphatic rings. The van der Waals surface area contributed by atoms with E-state index in [4.69, 9.17) is 0 Å². The largest absolute Gasteiger partial charge is 0.344 e. The molecule has 24 heavy (non-hydrogen) atoms. The Morgan fingerprint density at radius 1 is 1.17 bits per heavy atom. The normalized spacial score (nSPS) is 10.5. The molecule has 0 aliphatic heterocycles. The van der Waals surface area contributed by atoms with Gasteiger partial charge in [0, 0.05) is 38.2 Å². The van der Waals surface area contributed by atoms with Crippen molar-refractivity contribution in [3.63, 3.8) is 0 Å². The van der Waals surface area contributed by atoms with E-state index in [1.165, 1.54) is 0 Å². The molecule has 128 valence electrons. The number of carbonyl (C=O) groups is 1. The summed E-state index contributed by atoms with van der Waals surface area (Å²) in [5.74, 6) is 0.574. The zero-order valence-electron chi connectivity index (χ0n) is 15.0. The fourth-order valence-electron chi connectivity index (χ4n) is 2.52. The number of unbranched alkanes of at least 4 members (excludes halogenated alkanes) is 1. The molecule has 1 heterocycles. The highest BCUT2D eigenvalue weighted by Gasteiger charge is 2.17. The van der Waals surface area contributed by atoms with Crippen LogP contribution in [0.25, 0.3) is 0 Å². The van der Waals surface area contributed by atoms with Crippen molar-refractivity contribution in [3.05, 3.63) is 47.8 Å². The number of benzene rings is 1. The maximum atomic E-state index is 12.8. The van der Waals surface area contributed by atoms with Gasteiger partial charge in [-0.2, -0.15) is 0 Å². The van der Waals surface area contributed by atoms with E-state index < -0.39 is 0 Å². The minimum atomic E-state index is -0.0779. The fraction of sp³-hybridized carbons (Fsp3) is 0.421. The van der Waals surface area contributed by atoms with E-state index >= 15 is 0 Å². The maximum absolute atomic E-state index is 12.8. The molecule has 5 nitrogen and oxygen atoms in total. The molecule has 5 heteroatoms. The highest BCUT2D eigenvalue weighted by Crippen LogP contribution is 2.18. The molecule has 2 rings (SSSR count). The van der Waals surface area contributed by atoms with Crippen LogP contribution in [-0.2, 0) is 0 Å². The summed E-state index contributed by atoms with van der Waals surface area (Å²) in [5.41, 5.74) is 2.53. The number of aryl methyl sites for hydroxylation is 1. The summed E-state index contributed by atoms with van der Waals surface area (Å²) in [6.45, 7) is 7.65. The van der Waals surface area contributed by atoms with Crippen LogP contribution in [0.3, 0.4) is 0 Å². The monoisotopic (exact) mass is 326 g/mol. The van der Waals surface area contributed by atoms with Crippen LogP contribution in [0.15, 0.2) is 36.7 Å². The topological polar surface area (TPSA) is 49.3 Å². The number of amides is 1. The average Bonchev–Trinajstić information content (AvgIpc) is 2.60. The van der Waals surface area contributed by atoms with E-state index in [1.54, 1.807) is 17.3 Å². The Hall–Kier alpha value is -2.43. The van der Waals surface area contributed by atoms with E-state index in [2.05, 4.69) is 16.9 Å². The molecule has 1 aromatic heterocycles. The highest BCUT2D eigenvalue weighted by atomic mass is 16.2. The number of aromatic nitrogens is 2. The Balaban J connectivity index is 2.16. The van der Waals surface area contributed by atoms with Gasteiger partial charge in [0.1, 0.15) is 0 Å². The quantitative estimate of drug-likeness (QED) is 0.778. The Morgan fingerprint density at radius 2 is 1.88 bits per heavy atom. The lowest BCUT2D eigenvalue weighted by atomic mass is 10.2. The molecule has 0 bridgehead atoms. The number of hydrogen-bond acceptors (Lipinski definition) is 4. The lowest BCUT2D eigenvalue weighted by molar-refractivity contribution is 0.0987. The molecular weight excluding hydrogens is 300 g/mol. The van der Waals surface area contributed by atoms with Crippen LogP contribution in [0.1, 0.15) is 42.6 Å². The van der Waals surface area contributed by atoms with Gasteiger partial charge in [0.2, 0.25) is 5.95 Å². The number of rotatable bonds is 7. The van der Waals surface area contributed by atoms with Crippen molar-refractivity contribution in [1.82, 2.24) is 9.97 Å². The molecule has 0 saturated heterocycles. The van der Waals surface area contributed by atoms with Crippen molar-refractivity contribution in [2.75, 3.05) is 29.9 Å². The van der Waals surface area contributed by atoms with E-state index in [-0.39, 0.29) is 5.91 Å². The maximum Gasteiger partial charge on any atom is 0.261 e. The van der Waals surface area contributed by atoms with Gasteiger partial charge in [0.05, 0.1) is 5.56 Å². The summed E-state index contributed by atoms with van der Waals surface area (Å²) >= 11 is 0. The third-order valence-electron chi connectivity index (χ3n) is 3.95. The Bertz CT molecular complexity index is 669. The van der Waals surface area contributed by atoms with Crippen LogP contribution in [0.5, 0.6) is 0 Å². The van der Waals surface area contributed by atoms with Gasteiger partial charge < -0.3 is 9.80 Å². The van der Waals surface area contributed by atoms with Crippen LogP contribution in [0.4, 0.5) is 11.6 Å². The lowest BCUT2D eigenvalue weighted by Gasteiger charge is -2.22. The van der Waals surface area contributed by atoms with Gasteiger partial charge in [-0.25, -0.2) is 9.97 Å². The first-order valence-corrected chi connectivity index (χ1v) is 8.48. The first-order chi connectivity index (χ1) is 11.6. The molecule has 0 saturated carbocycles. The highest BCUT2D eigenvalue weighted by molar-refractivity contribution is 6.05. The van der Waals surface area contributed by atoms with Crippen molar-refractivity contribution in [3.8, 4) is 0 Å². The SMILES string of the molecule is CCCCN(C)c1ncc(C(=O)N(CC)c2cccc(C)c2)cn1. The van der Waals surface area contributed by atoms with Gasteiger partial charge >= 0.3 is 0 Å². The molecular formula is C19H26N4O. The number of carbonyl (C=O) groups excluding carboxylic acids is 1. The zero-order chi connectivity index (χ0) is 17.5. The fourth-order valence-corrected chi connectivity index (χ4v) is 2.52. The van der Waals surface area contributed by atoms with Crippen LogP contribution in [0, 0.1) is 6.92 Å². The van der Waals surface area contributed by atoms with E-state index in [9.17, 15) is 4.79 Å². The smallest absolute Gasteiger partial charge is 0.261 e. The number of hydrogen-bond donors (Lipinski definition) is 0. The van der Waals surface area contributed by atoms with Crippen molar-refractivity contribution in [1.29, 1.82) is 0 Å². The van der Waals surface area contributed by atoms with Crippen molar-refractivity contribution in [2.24, 2.45) is 0 Å². The van der Waals surface area contributed by atoms with Crippen molar-refractivity contribution in [2.45, 2.75) is 33.6 Å². The molecule has 0 atom stereocenters. The molecule has 0 aliphatic carbocycles. The van der Waals surface area contributed by atoms with E-state index in [0.29, 0.717) is 18.1 Å². The van der Waals surface area contributed by atoms with Crippen LogP contribution in [-0.4, -0.2) is 36.0 Å². The van der Waals surface area contributed by atoms with Gasteiger partial charge in [-0.05, 0) is 38.0 Å². The molecule has 1 aromatic carbocycles. The number of anilines is 2. The summed E-state index contributed by atoms with van der Waals surface area (Å²) in [4.78, 5) is 25.2. The second-order valence-corrected chi connectivity index (χ2v) is 5.94. The predicted molar refractivity (Wildman–Crippen MR) is 98.7 cm³/mol. The summed E-state index contributed by atoms with van der Waals surface area (Å²) in [5, 5.41) is 0. The second-order valence-electron chi connectivity index (χ2n) is 5.94. The van der Waals surface area contributed by atoms with Crippen LogP contribution >= 0.6 is 0 Å². The van der Waals surface area contributed by atoms with Crippen LogP contribution < -0.4 is 9.80 Å². The van der Waals surface area contributed by atoms with Gasteiger partial charge in [-0.15, -0.1) is 0 Å². The van der Waals surface area contributed by atoms with Crippen molar-refractivity contribution < 1.29 is 4.79 Å². The first-order valence-electron chi connectivity index (χ1n) is 8.48. The lowest BCUT2D eigenvalue weighted by Crippen LogP contribution is -2.31. The minimum Gasteiger partial charge on any atom is -0.344 e. The van der Waals surface area contributed by atoms with Crippen LogP contribution in [0.2, 0.25) is 0 Å². The summed E-state index contributed by atoms with van der Waals surface area (Å²) < 4.78 is 0. The van der Waals surface area contributed by atoms with E-state index in [1.807, 2.05) is 50.1 Å². The van der Waals surface area contributed by atoms with Gasteiger partial charge in [-0.1, -0.05) is 25.5 Å². The molecule has 1 amide bonds. The molecule has 0 spiro atoms. The number of nitrogens with zero attached hydrogens (tertiary/aromatic N) is 4. The van der Waals surface area contributed by atoms with Gasteiger partial charge in [0.25, 0.3) is 5.91 Å². The second kappa shape index (κ2) is 8.43. The summed E-state index contributed by atoms with van der Waals surface area (Å²) in [6, 6.07) is 7.94. The minimum absolute atomic E-state index is 0.0779. The average molecular weight is 326 g/mol. The molecule has 0 radical (unpaired) electrons. The summed E-state index contributed by atoms with van der Waals surface area (Å²) in [6.07, 6.45) is 5.46. The Kier molecular flexibility index (Phi) is 6.29. The third-order valence-corrected chi connectivity index (χ3v) is 3.95. The van der Waals surface area contributed by atoms with Gasteiger partial charge in [-0.3, -0.25) is 4.79 Å². The van der Waals surface area contributed by atoms with E-state index in [0.717, 1.165) is 30.6 Å². The zero-order valence-corrected chi connectivity index (χ0v) is 15.0. The summed E-state index contributed by atoms with van der Waals surface area (Å²) in [7, 11) is 1.97. The Labute approximate surface area is 144 Å². The molecule has 0 fully saturated rings. The van der Waals surface area contributed by atoms with Gasteiger partial charge in [0.15, 0.2) is 0 Å². The predicted octanol–water partition coefficient (Wildman–Crippen LogP) is 3.69. The standard InChI is InChI=1S/C19H26N4O/c1-5-7-11-22(4)19-20-13-16(14-21-19)18(24)23(6-2)17-10-8-9-15(3)12-17/h8-10,12-14H,5-7,11H2,1-4H3. The first kappa shape index (κ1) is 17.9. The molecule has 2 aromatic rings. The third kappa shape index (κ3) is 4.31. The molecule has 0 N–H and O–H groups in total. The van der Waals surface area contributed by atoms with Crippen molar-refractivity contribution >= 4 is 17.5 Å². The molecule has 0 unspecified atom stereocenters.